The third-order valence-electron chi connectivity index (χ3n) is 11.8. The van der Waals surface area contributed by atoms with E-state index in [-0.39, 0.29) is 35.6 Å². The minimum absolute atomic E-state index is 0.0104. The van der Waals surface area contributed by atoms with Crippen molar-refractivity contribution in [3.05, 3.63) is 66.5 Å². The Kier molecular flexibility index (Phi) is 11.4. The predicted octanol–water partition coefficient (Wildman–Crippen LogP) is 2.12. The highest BCUT2D eigenvalue weighted by molar-refractivity contribution is 6.02. The molecule has 5 heterocycles. The number of carbonyl (C=O) groups is 4. The van der Waals surface area contributed by atoms with Gasteiger partial charge in [-0.1, -0.05) is 24.3 Å². The van der Waals surface area contributed by atoms with Gasteiger partial charge in [0.1, 0.15) is 29.8 Å². The zero-order valence-corrected chi connectivity index (χ0v) is 33.1. The van der Waals surface area contributed by atoms with Gasteiger partial charge in [0.25, 0.3) is 0 Å². The van der Waals surface area contributed by atoms with Gasteiger partial charge in [0.2, 0.25) is 17.7 Å². The summed E-state index contributed by atoms with van der Waals surface area (Å²) >= 11 is 0. The summed E-state index contributed by atoms with van der Waals surface area (Å²) in [5.74, 6) is 0.961. The number of para-hydroxylation sites is 2. The van der Waals surface area contributed by atoms with E-state index in [4.69, 9.17) is 15.2 Å². The molecule has 3 amide bonds. The van der Waals surface area contributed by atoms with Crippen LogP contribution in [0.25, 0.3) is 16.9 Å². The van der Waals surface area contributed by atoms with Crippen LogP contribution in [0, 0.1) is 0 Å². The number of hydrogen-bond donors (Lipinski definition) is 3. The molecule has 58 heavy (non-hydrogen) atoms. The van der Waals surface area contributed by atoms with E-state index in [1.165, 1.54) is 10.5 Å². The predicted molar refractivity (Wildman–Crippen MR) is 216 cm³/mol. The van der Waals surface area contributed by atoms with E-state index >= 15 is 0 Å². The quantitative estimate of drug-likeness (QED) is 0.115. The molecular weight excluding hydrogens is 741 g/mol. The fourth-order valence-corrected chi connectivity index (χ4v) is 8.76. The molecule has 0 radical (unpaired) electrons. The van der Waals surface area contributed by atoms with Crippen molar-refractivity contribution in [1.29, 1.82) is 0 Å². The van der Waals surface area contributed by atoms with Crippen molar-refractivity contribution in [3.63, 3.8) is 0 Å². The number of ether oxygens (including phenoxy) is 2. The molecule has 2 saturated heterocycles. The SMILES string of the molecule is C[NH+](C)CCCC(=O)Oc1ccccc1-c1cc(-n2cc(N3CCN(C4CCC(c5cccc6c5OCCN6C5CCC(=O)NC5=O)CC4)CC3=O)cn2)c(N)nn1. The Labute approximate surface area is 337 Å². The van der Waals surface area contributed by atoms with Crippen LogP contribution in [-0.4, -0.2) is 114 Å². The molecule has 0 spiro atoms. The first-order valence-electron chi connectivity index (χ1n) is 20.3. The van der Waals surface area contributed by atoms with Crippen molar-refractivity contribution in [2.24, 2.45) is 0 Å². The van der Waals surface area contributed by atoms with Gasteiger partial charge in [-0.25, -0.2) is 4.68 Å². The smallest absolute Gasteiger partial charge is 0.311 e. The Morgan fingerprint density at radius 1 is 0.983 bits per heavy atom. The molecule has 2 aromatic heterocycles. The second-order valence-corrected chi connectivity index (χ2v) is 15.9. The maximum Gasteiger partial charge on any atom is 0.311 e. The first kappa shape index (κ1) is 39.0. The van der Waals surface area contributed by atoms with Crippen LogP contribution in [0.1, 0.15) is 62.8 Å². The summed E-state index contributed by atoms with van der Waals surface area (Å²) in [5, 5.41) is 15.5. The summed E-state index contributed by atoms with van der Waals surface area (Å²) in [6.07, 6.45) is 9.17. The molecule has 1 atom stereocenters. The molecule has 304 valence electrons. The molecule has 3 aliphatic heterocycles. The topological polar surface area (TPSA) is 183 Å². The summed E-state index contributed by atoms with van der Waals surface area (Å²) < 4.78 is 13.6. The van der Waals surface area contributed by atoms with Crippen molar-refractivity contribution in [2.75, 3.05) is 69.0 Å². The van der Waals surface area contributed by atoms with Crippen LogP contribution in [-0.2, 0) is 19.2 Å². The molecule has 2 aromatic carbocycles. The number of piperidine rings is 1. The van der Waals surface area contributed by atoms with Crippen LogP contribution in [0.4, 0.5) is 17.2 Å². The molecule has 4 aliphatic rings. The summed E-state index contributed by atoms with van der Waals surface area (Å²) in [6.45, 7) is 3.54. The molecule has 0 bridgehead atoms. The standard InChI is InChI=1S/C42H50N10O6/c1-48(2)18-6-11-39(55)58-36-10-4-3-7-31(36)32-23-35(41(43)47-46-32)52-25-29(24-44-52)50-20-19-49(26-38(50)54)28-14-12-27(13-15-28)30-8-5-9-33-40(30)57-22-21-51(33)34-16-17-37(53)45-42(34)56/h3-5,7-10,23-25,27-28,34H,6,11-22,26H2,1-2H3,(H2,43,47)(H,45,53,56)/p+1. The summed E-state index contributed by atoms with van der Waals surface area (Å²) in [6, 6.07) is 15.1. The summed E-state index contributed by atoms with van der Waals surface area (Å²) in [7, 11) is 4.09. The van der Waals surface area contributed by atoms with Gasteiger partial charge in [0.05, 0.1) is 69.6 Å². The summed E-state index contributed by atoms with van der Waals surface area (Å²) in [4.78, 5) is 58.3. The molecule has 16 heteroatoms. The first-order valence-corrected chi connectivity index (χ1v) is 20.3. The van der Waals surface area contributed by atoms with Crippen molar-refractivity contribution in [1.82, 2.24) is 30.2 Å². The van der Waals surface area contributed by atoms with E-state index in [2.05, 4.69) is 36.5 Å². The Morgan fingerprint density at radius 3 is 2.60 bits per heavy atom. The van der Waals surface area contributed by atoms with Crippen molar-refractivity contribution < 1.29 is 33.6 Å². The Hall–Kier alpha value is -5.87. The van der Waals surface area contributed by atoms with Crippen molar-refractivity contribution >= 4 is 40.9 Å². The average molecular weight is 792 g/mol. The second-order valence-electron chi connectivity index (χ2n) is 15.9. The Morgan fingerprint density at radius 2 is 1.81 bits per heavy atom. The molecule has 1 unspecified atom stereocenters. The molecule has 1 saturated carbocycles. The largest absolute Gasteiger partial charge is 0.489 e. The molecular formula is C42H51N10O6+. The minimum atomic E-state index is -0.383. The second kappa shape index (κ2) is 16.9. The number of benzene rings is 2. The zero-order chi connectivity index (χ0) is 40.3. The fourth-order valence-electron chi connectivity index (χ4n) is 8.76. The third kappa shape index (κ3) is 8.25. The number of quaternary nitrogens is 1. The number of esters is 1. The lowest BCUT2D eigenvalue weighted by atomic mass is 9.80. The normalized spacial score (nSPS) is 21.4. The lowest BCUT2D eigenvalue weighted by Crippen LogP contribution is -3.05. The van der Waals surface area contributed by atoms with Crippen molar-refractivity contribution in [2.45, 2.75) is 69.4 Å². The number of hydrogen-bond acceptors (Lipinski definition) is 12. The Bertz CT molecular complexity index is 2180. The lowest BCUT2D eigenvalue weighted by Gasteiger charge is -2.42. The molecule has 4 aromatic rings. The minimum Gasteiger partial charge on any atom is -0.489 e. The lowest BCUT2D eigenvalue weighted by molar-refractivity contribution is -0.858. The van der Waals surface area contributed by atoms with Crippen molar-refractivity contribution in [3.8, 4) is 28.4 Å². The average Bonchev–Trinajstić information content (AvgIpc) is 3.71. The number of nitrogens with zero attached hydrogens (tertiary/aromatic N) is 7. The number of amides is 3. The number of carbonyl (C=O) groups excluding carboxylic acids is 4. The van der Waals surface area contributed by atoms with Gasteiger partial charge in [-0.05, 0) is 67.9 Å². The van der Waals surface area contributed by atoms with E-state index in [1.807, 2.05) is 38.4 Å². The number of nitrogens with two attached hydrogens (primary N) is 1. The number of imide groups is 1. The van der Waals surface area contributed by atoms with Gasteiger partial charge >= 0.3 is 5.97 Å². The highest BCUT2D eigenvalue weighted by atomic mass is 16.5. The van der Waals surface area contributed by atoms with Gasteiger partial charge in [-0.2, -0.15) is 5.10 Å². The maximum absolute atomic E-state index is 13.7. The van der Waals surface area contributed by atoms with E-state index in [9.17, 15) is 19.2 Å². The Balaban J connectivity index is 0.888. The number of rotatable bonds is 11. The van der Waals surface area contributed by atoms with Gasteiger partial charge in [-0.15, -0.1) is 10.2 Å². The van der Waals surface area contributed by atoms with E-state index in [0.717, 1.165) is 56.6 Å². The molecule has 16 nitrogen and oxygen atoms in total. The highest BCUT2D eigenvalue weighted by Crippen LogP contribution is 2.45. The summed E-state index contributed by atoms with van der Waals surface area (Å²) in [5.41, 5.74) is 10.6. The number of nitrogens with one attached hydrogen (secondary N) is 2. The molecule has 3 fully saturated rings. The third-order valence-corrected chi connectivity index (χ3v) is 11.8. The first-order chi connectivity index (χ1) is 28.1. The molecule has 8 rings (SSSR count). The molecule has 4 N–H and O–H groups in total. The monoisotopic (exact) mass is 791 g/mol. The number of fused-ring (bicyclic) bond motifs is 1. The number of piperazine rings is 1. The number of nitrogen functional groups attached to an aromatic ring is 1. The van der Waals surface area contributed by atoms with Crippen LogP contribution in [0.2, 0.25) is 0 Å². The van der Waals surface area contributed by atoms with Crippen LogP contribution >= 0.6 is 0 Å². The highest BCUT2D eigenvalue weighted by Gasteiger charge is 2.38. The van der Waals surface area contributed by atoms with Crippen LogP contribution in [0.5, 0.6) is 11.5 Å². The maximum atomic E-state index is 13.7. The van der Waals surface area contributed by atoms with Crippen LogP contribution in [0.15, 0.2) is 60.9 Å². The van der Waals surface area contributed by atoms with Gasteiger partial charge < -0.3 is 29.9 Å². The zero-order valence-electron chi connectivity index (χ0n) is 33.1. The van der Waals surface area contributed by atoms with Crippen LogP contribution < -0.4 is 35.2 Å². The van der Waals surface area contributed by atoms with Gasteiger partial charge in [-0.3, -0.25) is 29.4 Å². The van der Waals surface area contributed by atoms with E-state index in [1.54, 1.807) is 40.2 Å². The fraction of sp³-hybridized carbons (Fsp3) is 0.452. The van der Waals surface area contributed by atoms with Gasteiger partial charge in [0, 0.05) is 37.5 Å². The van der Waals surface area contributed by atoms with E-state index < -0.39 is 0 Å². The van der Waals surface area contributed by atoms with E-state index in [0.29, 0.717) is 85.8 Å². The van der Waals surface area contributed by atoms with Crippen LogP contribution in [0.3, 0.4) is 0 Å². The van der Waals surface area contributed by atoms with Gasteiger partial charge in [0.15, 0.2) is 5.82 Å². The number of aromatic nitrogens is 4. The molecule has 1 aliphatic carbocycles. The number of anilines is 3.